The van der Waals surface area contributed by atoms with Gasteiger partial charge in [-0.1, -0.05) is 19.8 Å². The van der Waals surface area contributed by atoms with Crippen molar-refractivity contribution in [2.24, 2.45) is 0 Å². The van der Waals surface area contributed by atoms with Crippen molar-refractivity contribution < 1.29 is 14.3 Å². The van der Waals surface area contributed by atoms with Crippen LogP contribution in [-0.2, 0) is 14.3 Å². The molecule has 0 aliphatic heterocycles. The largest absolute Gasteiger partial charge is 0.465 e. The van der Waals surface area contributed by atoms with E-state index in [1.165, 1.54) is 0 Å². The highest BCUT2D eigenvalue weighted by Gasteiger charge is 2.33. The van der Waals surface area contributed by atoms with Crippen LogP contribution < -0.4 is 5.32 Å². The maximum absolute atomic E-state index is 12.2. The second-order valence-corrected chi connectivity index (χ2v) is 5.42. The number of hydrogen-bond donors (Lipinski definition) is 1. The molecule has 0 aromatic heterocycles. The molecule has 118 valence electrons. The molecule has 1 fully saturated rings. The average molecular weight is 294 g/mol. The van der Waals surface area contributed by atoms with Crippen molar-refractivity contribution in [1.82, 2.24) is 10.2 Å². The molecule has 0 saturated heterocycles. The van der Waals surface area contributed by atoms with E-state index in [-0.39, 0.29) is 25.0 Å². The number of amides is 1. The van der Waals surface area contributed by atoms with E-state index in [0.29, 0.717) is 25.5 Å². The molecule has 1 N–H and O–H groups in total. The lowest BCUT2D eigenvalue weighted by molar-refractivity contribution is -0.144. The Morgan fingerprint density at radius 3 is 2.33 bits per heavy atom. The van der Waals surface area contributed by atoms with Crippen molar-refractivity contribution in [3.8, 4) is 12.3 Å². The number of esters is 1. The molecule has 5 heteroatoms. The van der Waals surface area contributed by atoms with Crippen LogP contribution in [0.1, 0.15) is 46.5 Å². The van der Waals surface area contributed by atoms with Gasteiger partial charge in [0.2, 0.25) is 5.91 Å². The lowest BCUT2D eigenvalue weighted by Crippen LogP contribution is -2.51. The summed E-state index contributed by atoms with van der Waals surface area (Å²) in [6, 6.07) is 0.309. The lowest BCUT2D eigenvalue weighted by Gasteiger charge is -2.29. The molecule has 1 aliphatic carbocycles. The molecule has 5 nitrogen and oxygen atoms in total. The van der Waals surface area contributed by atoms with Gasteiger partial charge >= 0.3 is 5.97 Å². The van der Waals surface area contributed by atoms with Crippen LogP contribution in [-0.4, -0.2) is 48.1 Å². The van der Waals surface area contributed by atoms with Crippen LogP contribution in [0.4, 0.5) is 0 Å². The minimum Gasteiger partial charge on any atom is -0.465 e. The number of rotatable bonds is 9. The second-order valence-electron chi connectivity index (χ2n) is 5.42. The Morgan fingerprint density at radius 2 is 1.90 bits per heavy atom. The molecular formula is C16H26N2O3. The van der Waals surface area contributed by atoms with Crippen LogP contribution in [0.25, 0.3) is 0 Å². The van der Waals surface area contributed by atoms with Crippen LogP contribution in [0.2, 0.25) is 0 Å². The zero-order chi connectivity index (χ0) is 15.9. The first kappa shape index (κ1) is 17.5. The maximum Gasteiger partial charge on any atom is 0.320 e. The summed E-state index contributed by atoms with van der Waals surface area (Å²) in [7, 11) is 0. The lowest BCUT2D eigenvalue weighted by atomic mass is 9.94. The fourth-order valence-electron chi connectivity index (χ4n) is 2.28. The van der Waals surface area contributed by atoms with Gasteiger partial charge in [0.1, 0.15) is 5.54 Å². The number of nitrogens with one attached hydrogen (secondary N) is 1. The predicted octanol–water partition coefficient (Wildman–Crippen LogP) is 1.32. The van der Waals surface area contributed by atoms with Gasteiger partial charge in [0, 0.05) is 6.04 Å². The first-order valence-corrected chi connectivity index (χ1v) is 7.68. The van der Waals surface area contributed by atoms with Gasteiger partial charge in [0.25, 0.3) is 0 Å². The molecule has 21 heavy (non-hydrogen) atoms. The fourth-order valence-corrected chi connectivity index (χ4v) is 2.28. The average Bonchev–Trinajstić information content (AvgIpc) is 3.29. The smallest absolute Gasteiger partial charge is 0.320 e. The monoisotopic (exact) mass is 294 g/mol. The molecule has 0 atom stereocenters. The Hall–Kier alpha value is -1.54. The minimum absolute atomic E-state index is 0.132. The molecule has 1 saturated carbocycles. The number of nitrogens with zero attached hydrogens (tertiary/aromatic N) is 1. The first-order chi connectivity index (χ1) is 10.00. The molecule has 0 aromatic carbocycles. The molecular weight excluding hydrogens is 268 g/mol. The summed E-state index contributed by atoms with van der Waals surface area (Å²) in [5.41, 5.74) is -0.587. The second kappa shape index (κ2) is 8.04. The zero-order valence-corrected chi connectivity index (χ0v) is 13.3. The third kappa shape index (κ3) is 5.39. The highest BCUT2D eigenvalue weighted by atomic mass is 16.5. The predicted molar refractivity (Wildman–Crippen MR) is 81.5 cm³/mol. The van der Waals surface area contributed by atoms with Crippen molar-refractivity contribution >= 4 is 11.9 Å². The Kier molecular flexibility index (Phi) is 6.70. The van der Waals surface area contributed by atoms with Crippen molar-refractivity contribution in [3.05, 3.63) is 0 Å². The quantitative estimate of drug-likeness (QED) is 0.515. The Balaban J connectivity index is 2.57. The summed E-state index contributed by atoms with van der Waals surface area (Å²) in [5, 5.41) is 2.93. The van der Waals surface area contributed by atoms with Crippen molar-refractivity contribution in [2.75, 3.05) is 19.7 Å². The van der Waals surface area contributed by atoms with Gasteiger partial charge in [-0.3, -0.25) is 14.5 Å². The summed E-state index contributed by atoms with van der Waals surface area (Å²) in [4.78, 5) is 25.7. The molecule has 0 aromatic rings. The van der Waals surface area contributed by atoms with Crippen molar-refractivity contribution in [3.63, 3.8) is 0 Å². The van der Waals surface area contributed by atoms with Gasteiger partial charge in [0.15, 0.2) is 0 Å². The Morgan fingerprint density at radius 1 is 1.29 bits per heavy atom. The van der Waals surface area contributed by atoms with Crippen molar-refractivity contribution in [2.45, 2.75) is 58.0 Å². The third-order valence-electron chi connectivity index (χ3n) is 3.91. The van der Waals surface area contributed by atoms with E-state index < -0.39 is 5.54 Å². The SMILES string of the molecule is C#CC(CC)(CC)NC(=O)CN(CC(=O)OCC)C1CC1. The minimum atomic E-state index is -0.587. The Labute approximate surface area is 127 Å². The van der Waals surface area contributed by atoms with E-state index in [0.717, 1.165) is 12.8 Å². The van der Waals surface area contributed by atoms with E-state index in [2.05, 4.69) is 11.2 Å². The molecule has 0 radical (unpaired) electrons. The van der Waals surface area contributed by atoms with Gasteiger partial charge in [-0.05, 0) is 32.6 Å². The molecule has 0 spiro atoms. The van der Waals surface area contributed by atoms with Crippen LogP contribution >= 0.6 is 0 Å². The van der Waals surface area contributed by atoms with Crippen molar-refractivity contribution in [1.29, 1.82) is 0 Å². The number of hydrogen-bond acceptors (Lipinski definition) is 4. The van der Waals surface area contributed by atoms with Gasteiger partial charge in [-0.15, -0.1) is 6.42 Å². The number of carbonyl (C=O) groups excluding carboxylic acids is 2. The normalized spacial score (nSPS) is 14.6. The molecule has 1 rings (SSSR count). The zero-order valence-electron chi connectivity index (χ0n) is 13.3. The van der Waals surface area contributed by atoms with E-state index in [9.17, 15) is 9.59 Å². The topological polar surface area (TPSA) is 58.6 Å². The van der Waals surface area contributed by atoms with Gasteiger partial charge < -0.3 is 10.1 Å². The van der Waals surface area contributed by atoms with Gasteiger partial charge in [-0.2, -0.15) is 0 Å². The van der Waals surface area contributed by atoms with Gasteiger partial charge in [-0.25, -0.2) is 0 Å². The fraction of sp³-hybridized carbons (Fsp3) is 0.750. The van der Waals surface area contributed by atoms with E-state index in [4.69, 9.17) is 11.2 Å². The number of ether oxygens (including phenoxy) is 1. The molecule has 1 amide bonds. The standard InChI is InChI=1S/C16H26N2O3/c1-5-16(6-2,7-3)17-14(19)11-18(13-9-10-13)12-15(20)21-8-4/h1,13H,6-12H2,2-4H3,(H,17,19). The van der Waals surface area contributed by atoms with Crippen LogP contribution in [0.3, 0.4) is 0 Å². The van der Waals surface area contributed by atoms with E-state index in [1.807, 2.05) is 18.7 Å². The molecule has 0 bridgehead atoms. The van der Waals surface area contributed by atoms with E-state index in [1.54, 1.807) is 6.92 Å². The van der Waals surface area contributed by atoms with Crippen LogP contribution in [0.5, 0.6) is 0 Å². The van der Waals surface area contributed by atoms with Crippen LogP contribution in [0.15, 0.2) is 0 Å². The summed E-state index contributed by atoms with van der Waals surface area (Å²) < 4.78 is 4.95. The maximum atomic E-state index is 12.2. The van der Waals surface area contributed by atoms with E-state index >= 15 is 0 Å². The highest BCUT2D eigenvalue weighted by molar-refractivity contribution is 5.80. The highest BCUT2D eigenvalue weighted by Crippen LogP contribution is 2.26. The first-order valence-electron chi connectivity index (χ1n) is 7.68. The number of terminal acetylenes is 1. The molecule has 1 aliphatic rings. The summed E-state index contributed by atoms with van der Waals surface area (Å²) >= 11 is 0. The van der Waals surface area contributed by atoms with Crippen LogP contribution in [0, 0.1) is 12.3 Å². The summed E-state index contributed by atoms with van der Waals surface area (Å²) in [6.07, 6.45) is 8.97. The Bertz CT molecular complexity index is 406. The molecule has 0 unspecified atom stereocenters. The van der Waals surface area contributed by atoms with Gasteiger partial charge in [0.05, 0.1) is 19.7 Å². The third-order valence-corrected chi connectivity index (χ3v) is 3.91. The summed E-state index contributed by atoms with van der Waals surface area (Å²) in [5.74, 6) is 2.27. The molecule has 0 heterocycles. The number of carbonyl (C=O) groups is 2. The summed E-state index contributed by atoms with van der Waals surface area (Å²) in [6.45, 7) is 6.40.